The predicted molar refractivity (Wildman–Crippen MR) is 131 cm³/mol. The van der Waals surface area contributed by atoms with E-state index < -0.39 is 5.41 Å². The van der Waals surface area contributed by atoms with Gasteiger partial charge < -0.3 is 19.9 Å². The zero-order valence-corrected chi connectivity index (χ0v) is 21.5. The molecule has 2 saturated heterocycles. The van der Waals surface area contributed by atoms with Gasteiger partial charge in [0, 0.05) is 63.3 Å². The summed E-state index contributed by atoms with van der Waals surface area (Å²) in [6.45, 7) is 14.6. The van der Waals surface area contributed by atoms with Gasteiger partial charge in [0.1, 0.15) is 11.0 Å². The first-order chi connectivity index (χ1) is 15.6. The van der Waals surface area contributed by atoms with Crippen molar-refractivity contribution in [3.05, 3.63) is 11.2 Å². The van der Waals surface area contributed by atoms with Gasteiger partial charge in [0.15, 0.2) is 5.16 Å². The molecule has 0 saturated carbocycles. The van der Waals surface area contributed by atoms with E-state index in [2.05, 4.69) is 32.0 Å². The van der Waals surface area contributed by atoms with E-state index in [0.717, 1.165) is 38.7 Å². The molecule has 0 radical (unpaired) electrons. The largest absolute Gasteiger partial charge is 0.379 e. The first kappa shape index (κ1) is 26.0. The molecule has 1 atom stereocenters. The lowest BCUT2D eigenvalue weighted by atomic mass is 9.93. The zero-order valence-electron chi connectivity index (χ0n) is 20.0. The van der Waals surface area contributed by atoms with Gasteiger partial charge in [-0.3, -0.25) is 14.5 Å². The first-order valence-corrected chi connectivity index (χ1v) is 12.8. The number of rotatable bonds is 7. The van der Waals surface area contributed by atoms with Crippen LogP contribution in [0, 0.1) is 5.41 Å². The standard InChI is InChI=1S/C22H35ClN6O3S/c1-16-14-28(7-8-29(16)20(31)22(2,3)4)18-13-17(23)25-21(26-18)33-15-19(30)24-5-6-27-9-11-32-12-10-27/h13,16H,5-12,14-15H2,1-4H3,(H,24,30). The van der Waals surface area contributed by atoms with Crippen LogP contribution in [-0.4, -0.2) is 102 Å². The molecular formula is C22H35ClN6O3S. The van der Waals surface area contributed by atoms with Crippen LogP contribution in [0.1, 0.15) is 27.7 Å². The Labute approximate surface area is 205 Å². The molecule has 184 valence electrons. The Bertz CT molecular complexity index is 831. The Kier molecular flexibility index (Phi) is 9.20. The molecule has 3 heterocycles. The van der Waals surface area contributed by atoms with E-state index in [9.17, 15) is 9.59 Å². The minimum absolute atomic E-state index is 0.0543. The van der Waals surface area contributed by atoms with Crippen molar-refractivity contribution in [3.63, 3.8) is 0 Å². The second kappa shape index (κ2) is 11.7. The summed E-state index contributed by atoms with van der Waals surface area (Å²) in [5.41, 5.74) is -0.402. The second-order valence-electron chi connectivity index (χ2n) is 9.47. The molecule has 1 aromatic rings. The summed E-state index contributed by atoms with van der Waals surface area (Å²) in [5.74, 6) is 1.06. The number of hydrogen-bond donors (Lipinski definition) is 1. The van der Waals surface area contributed by atoms with Crippen LogP contribution in [0.3, 0.4) is 0 Å². The van der Waals surface area contributed by atoms with Crippen LogP contribution >= 0.6 is 23.4 Å². The number of ether oxygens (including phenoxy) is 1. The number of amides is 2. The fraction of sp³-hybridized carbons (Fsp3) is 0.727. The minimum atomic E-state index is -0.402. The maximum absolute atomic E-state index is 12.7. The van der Waals surface area contributed by atoms with E-state index in [4.69, 9.17) is 16.3 Å². The molecule has 2 amide bonds. The van der Waals surface area contributed by atoms with Crippen LogP contribution in [0.25, 0.3) is 0 Å². The molecule has 11 heteroatoms. The lowest BCUT2D eigenvalue weighted by molar-refractivity contribution is -0.142. The van der Waals surface area contributed by atoms with Gasteiger partial charge in [0.2, 0.25) is 11.8 Å². The Morgan fingerprint density at radius 1 is 1.21 bits per heavy atom. The average Bonchev–Trinajstić information content (AvgIpc) is 2.77. The Balaban J connectivity index is 1.50. The molecule has 2 fully saturated rings. The van der Waals surface area contributed by atoms with Crippen molar-refractivity contribution in [2.75, 3.05) is 69.7 Å². The van der Waals surface area contributed by atoms with Gasteiger partial charge in [-0.05, 0) is 6.92 Å². The smallest absolute Gasteiger partial charge is 0.230 e. The summed E-state index contributed by atoms with van der Waals surface area (Å²) in [5, 5.41) is 3.76. The second-order valence-corrected chi connectivity index (χ2v) is 10.8. The van der Waals surface area contributed by atoms with Crippen molar-refractivity contribution < 1.29 is 14.3 Å². The third-order valence-electron chi connectivity index (χ3n) is 5.70. The summed E-state index contributed by atoms with van der Waals surface area (Å²) in [6, 6.07) is 1.80. The summed E-state index contributed by atoms with van der Waals surface area (Å²) in [7, 11) is 0. The quantitative estimate of drug-likeness (QED) is 0.345. The van der Waals surface area contributed by atoms with E-state index in [1.165, 1.54) is 11.8 Å². The number of carbonyl (C=O) groups excluding carboxylic acids is 2. The summed E-state index contributed by atoms with van der Waals surface area (Å²) < 4.78 is 5.33. The molecule has 1 N–H and O–H groups in total. The van der Waals surface area contributed by atoms with Crippen LogP contribution in [-0.2, 0) is 14.3 Å². The summed E-state index contributed by atoms with van der Waals surface area (Å²) >= 11 is 7.53. The third-order valence-corrected chi connectivity index (χ3v) is 6.74. The maximum Gasteiger partial charge on any atom is 0.230 e. The van der Waals surface area contributed by atoms with Crippen molar-refractivity contribution >= 4 is 41.0 Å². The number of hydrogen-bond acceptors (Lipinski definition) is 8. The highest BCUT2D eigenvalue weighted by Gasteiger charge is 2.34. The van der Waals surface area contributed by atoms with Gasteiger partial charge in [-0.25, -0.2) is 9.97 Å². The number of anilines is 1. The molecule has 9 nitrogen and oxygen atoms in total. The first-order valence-electron chi connectivity index (χ1n) is 11.4. The molecule has 0 spiro atoms. The minimum Gasteiger partial charge on any atom is -0.379 e. The van der Waals surface area contributed by atoms with Gasteiger partial charge >= 0.3 is 0 Å². The molecular weight excluding hydrogens is 464 g/mol. The van der Waals surface area contributed by atoms with Crippen LogP contribution < -0.4 is 10.2 Å². The Morgan fingerprint density at radius 2 is 1.94 bits per heavy atom. The number of morpholine rings is 1. The molecule has 0 bridgehead atoms. The molecule has 1 unspecified atom stereocenters. The summed E-state index contributed by atoms with van der Waals surface area (Å²) in [4.78, 5) is 40.2. The number of nitrogens with zero attached hydrogens (tertiary/aromatic N) is 5. The molecule has 0 aromatic carbocycles. The van der Waals surface area contributed by atoms with Gasteiger partial charge in [0.05, 0.1) is 19.0 Å². The molecule has 33 heavy (non-hydrogen) atoms. The summed E-state index contributed by atoms with van der Waals surface area (Å²) in [6.07, 6.45) is 0. The molecule has 1 aromatic heterocycles. The van der Waals surface area contributed by atoms with Crippen LogP contribution in [0.2, 0.25) is 5.15 Å². The lowest BCUT2D eigenvalue weighted by Gasteiger charge is -2.42. The maximum atomic E-state index is 12.7. The van der Waals surface area contributed by atoms with E-state index in [-0.39, 0.29) is 23.6 Å². The van der Waals surface area contributed by atoms with E-state index in [1.54, 1.807) is 6.07 Å². The normalized spacial score (nSPS) is 20.1. The van der Waals surface area contributed by atoms with Crippen LogP contribution in [0.5, 0.6) is 0 Å². The third kappa shape index (κ3) is 7.70. The number of nitrogens with one attached hydrogen (secondary N) is 1. The topological polar surface area (TPSA) is 90.9 Å². The molecule has 0 aliphatic carbocycles. The predicted octanol–water partition coefficient (Wildman–Crippen LogP) is 1.75. The van der Waals surface area contributed by atoms with E-state index in [0.29, 0.717) is 36.5 Å². The van der Waals surface area contributed by atoms with Crippen molar-refractivity contribution in [2.24, 2.45) is 5.41 Å². The highest BCUT2D eigenvalue weighted by atomic mass is 35.5. The lowest BCUT2D eigenvalue weighted by Crippen LogP contribution is -2.56. The average molecular weight is 499 g/mol. The van der Waals surface area contributed by atoms with Crippen molar-refractivity contribution in [2.45, 2.75) is 38.9 Å². The molecule has 2 aliphatic rings. The fourth-order valence-corrected chi connectivity index (χ4v) is 4.78. The van der Waals surface area contributed by atoms with Crippen molar-refractivity contribution in [3.8, 4) is 0 Å². The number of thioether (sulfide) groups is 1. The van der Waals surface area contributed by atoms with E-state index in [1.807, 2.05) is 25.7 Å². The molecule has 3 rings (SSSR count). The highest BCUT2D eigenvalue weighted by molar-refractivity contribution is 7.99. The van der Waals surface area contributed by atoms with Crippen LogP contribution in [0.15, 0.2) is 11.2 Å². The highest BCUT2D eigenvalue weighted by Crippen LogP contribution is 2.26. The number of aromatic nitrogens is 2. The fourth-order valence-electron chi connectivity index (χ4n) is 3.87. The number of carbonyl (C=O) groups is 2. The van der Waals surface area contributed by atoms with Gasteiger partial charge in [-0.2, -0.15) is 0 Å². The molecule has 2 aliphatic heterocycles. The monoisotopic (exact) mass is 498 g/mol. The number of halogens is 1. The Hall–Kier alpha value is -1.62. The van der Waals surface area contributed by atoms with E-state index >= 15 is 0 Å². The Morgan fingerprint density at radius 3 is 2.61 bits per heavy atom. The van der Waals surface area contributed by atoms with Crippen molar-refractivity contribution in [1.82, 2.24) is 25.1 Å². The van der Waals surface area contributed by atoms with Crippen LogP contribution in [0.4, 0.5) is 5.82 Å². The van der Waals surface area contributed by atoms with Gasteiger partial charge in [-0.15, -0.1) is 0 Å². The van der Waals surface area contributed by atoms with Gasteiger partial charge in [-0.1, -0.05) is 44.1 Å². The SMILES string of the molecule is CC1CN(c2cc(Cl)nc(SCC(=O)NCCN3CCOCC3)n2)CCN1C(=O)C(C)(C)C. The van der Waals surface area contributed by atoms with Crippen molar-refractivity contribution in [1.29, 1.82) is 0 Å². The number of piperazine rings is 1. The zero-order chi connectivity index (χ0) is 24.0. The van der Waals surface area contributed by atoms with Gasteiger partial charge in [0.25, 0.3) is 0 Å².